The minimum Gasteiger partial charge on any atom is -0.496 e. The summed E-state index contributed by atoms with van der Waals surface area (Å²) in [6.07, 6.45) is 5.40. The van der Waals surface area contributed by atoms with Crippen molar-refractivity contribution in [1.29, 1.82) is 0 Å². The number of pyridine rings is 1. The van der Waals surface area contributed by atoms with E-state index in [-0.39, 0.29) is 0 Å². The molecule has 0 amide bonds. The second-order valence-corrected chi connectivity index (χ2v) is 5.27. The molecular weight excluding hydrogens is 248 g/mol. The van der Waals surface area contributed by atoms with Crippen LogP contribution < -0.4 is 10.5 Å². The summed E-state index contributed by atoms with van der Waals surface area (Å²) in [4.78, 5) is 4.61. The predicted octanol–water partition coefficient (Wildman–Crippen LogP) is 3.02. The van der Waals surface area contributed by atoms with Crippen molar-refractivity contribution in [3.05, 3.63) is 58.9 Å². The molecule has 1 aliphatic rings. The molecule has 0 saturated carbocycles. The van der Waals surface area contributed by atoms with Crippen molar-refractivity contribution in [2.45, 2.75) is 31.7 Å². The molecule has 0 radical (unpaired) electrons. The summed E-state index contributed by atoms with van der Waals surface area (Å²) in [7, 11) is 1.69. The van der Waals surface area contributed by atoms with Gasteiger partial charge < -0.3 is 10.5 Å². The molecule has 1 aromatic carbocycles. The first-order valence-corrected chi connectivity index (χ1v) is 7.14. The molecule has 1 heterocycles. The Bertz CT molecular complexity index is 610. The normalized spacial score (nSPS) is 17.6. The third kappa shape index (κ3) is 2.29. The molecule has 2 N–H and O–H groups in total. The van der Waals surface area contributed by atoms with Crippen molar-refractivity contribution < 1.29 is 4.74 Å². The van der Waals surface area contributed by atoms with Crippen molar-refractivity contribution in [1.82, 2.24) is 4.98 Å². The third-order valence-electron chi connectivity index (χ3n) is 4.12. The van der Waals surface area contributed by atoms with Crippen LogP contribution in [0.1, 0.15) is 41.1 Å². The number of rotatable bonds is 3. The molecule has 1 aromatic heterocycles. The van der Waals surface area contributed by atoms with E-state index in [0.717, 1.165) is 24.2 Å². The maximum Gasteiger partial charge on any atom is 0.123 e. The Morgan fingerprint density at radius 3 is 3.05 bits per heavy atom. The predicted molar refractivity (Wildman–Crippen MR) is 79.9 cm³/mol. The zero-order valence-corrected chi connectivity index (χ0v) is 11.8. The van der Waals surface area contributed by atoms with Gasteiger partial charge in [0.05, 0.1) is 12.8 Å². The van der Waals surface area contributed by atoms with E-state index in [4.69, 9.17) is 10.5 Å². The van der Waals surface area contributed by atoms with Gasteiger partial charge in [-0.2, -0.15) is 0 Å². The first kappa shape index (κ1) is 13.1. The number of ether oxygens (including phenoxy) is 1. The second-order valence-electron chi connectivity index (χ2n) is 5.27. The summed E-state index contributed by atoms with van der Waals surface area (Å²) in [5.74, 6) is 1.25. The fourth-order valence-electron chi connectivity index (χ4n) is 3.11. The summed E-state index contributed by atoms with van der Waals surface area (Å²) in [6, 6.07) is 10.6. The number of hydrogen-bond acceptors (Lipinski definition) is 3. The van der Waals surface area contributed by atoms with Gasteiger partial charge in [0.25, 0.3) is 0 Å². The standard InChI is InChI=1S/C17H20N2O/c1-20-16-8-7-13(10-14(16)11-18)15-6-2-4-12-5-3-9-19-17(12)15/h3,5,7-10,15H,2,4,6,11,18H2,1H3. The Morgan fingerprint density at radius 2 is 2.25 bits per heavy atom. The van der Waals surface area contributed by atoms with Crippen LogP contribution in [0.3, 0.4) is 0 Å². The third-order valence-corrected chi connectivity index (χ3v) is 4.12. The van der Waals surface area contributed by atoms with E-state index in [0.29, 0.717) is 12.5 Å². The van der Waals surface area contributed by atoms with Crippen LogP contribution in [-0.2, 0) is 13.0 Å². The van der Waals surface area contributed by atoms with Gasteiger partial charge in [-0.25, -0.2) is 0 Å². The monoisotopic (exact) mass is 268 g/mol. The molecule has 0 bridgehead atoms. The van der Waals surface area contributed by atoms with Crippen LogP contribution in [0.5, 0.6) is 5.75 Å². The van der Waals surface area contributed by atoms with Crippen molar-refractivity contribution in [2.75, 3.05) is 7.11 Å². The highest BCUT2D eigenvalue weighted by molar-refractivity contribution is 5.42. The molecule has 20 heavy (non-hydrogen) atoms. The number of fused-ring (bicyclic) bond motifs is 1. The molecule has 2 aromatic rings. The summed E-state index contributed by atoms with van der Waals surface area (Å²) in [5.41, 5.74) is 10.8. The number of benzene rings is 1. The maximum absolute atomic E-state index is 5.82. The molecule has 0 spiro atoms. The number of aromatic nitrogens is 1. The van der Waals surface area contributed by atoms with E-state index in [1.807, 2.05) is 18.3 Å². The highest BCUT2D eigenvalue weighted by atomic mass is 16.5. The summed E-state index contributed by atoms with van der Waals surface area (Å²) in [6.45, 7) is 0.499. The van der Waals surface area contributed by atoms with E-state index in [9.17, 15) is 0 Å². The van der Waals surface area contributed by atoms with Gasteiger partial charge >= 0.3 is 0 Å². The Morgan fingerprint density at radius 1 is 1.35 bits per heavy atom. The largest absolute Gasteiger partial charge is 0.496 e. The number of nitrogens with zero attached hydrogens (tertiary/aromatic N) is 1. The van der Waals surface area contributed by atoms with E-state index in [2.05, 4.69) is 23.2 Å². The van der Waals surface area contributed by atoms with Gasteiger partial charge in [-0.05, 0) is 42.5 Å². The molecule has 3 heteroatoms. The fourth-order valence-corrected chi connectivity index (χ4v) is 3.11. The van der Waals surface area contributed by atoms with Crippen LogP contribution >= 0.6 is 0 Å². The first-order valence-electron chi connectivity index (χ1n) is 7.14. The van der Waals surface area contributed by atoms with Gasteiger partial charge in [0, 0.05) is 24.2 Å². The van der Waals surface area contributed by atoms with Crippen LogP contribution in [0.15, 0.2) is 36.5 Å². The van der Waals surface area contributed by atoms with Gasteiger partial charge in [0.2, 0.25) is 0 Å². The van der Waals surface area contributed by atoms with Gasteiger partial charge in [-0.1, -0.05) is 18.2 Å². The Balaban J connectivity index is 2.02. The minimum absolute atomic E-state index is 0.385. The highest BCUT2D eigenvalue weighted by Crippen LogP contribution is 2.36. The zero-order chi connectivity index (χ0) is 13.9. The summed E-state index contributed by atoms with van der Waals surface area (Å²) in [5, 5.41) is 0. The molecule has 1 aliphatic carbocycles. The Labute approximate surface area is 119 Å². The zero-order valence-electron chi connectivity index (χ0n) is 11.8. The lowest BCUT2D eigenvalue weighted by molar-refractivity contribution is 0.409. The second kappa shape index (κ2) is 5.63. The van der Waals surface area contributed by atoms with Gasteiger partial charge in [-0.3, -0.25) is 4.98 Å². The first-order chi connectivity index (χ1) is 9.83. The topological polar surface area (TPSA) is 48.1 Å². The van der Waals surface area contributed by atoms with Gasteiger partial charge in [-0.15, -0.1) is 0 Å². The number of aryl methyl sites for hydroxylation is 1. The molecule has 0 saturated heterocycles. The van der Waals surface area contributed by atoms with Crippen LogP contribution in [0.25, 0.3) is 0 Å². The van der Waals surface area contributed by atoms with E-state index in [1.165, 1.54) is 23.2 Å². The molecule has 3 rings (SSSR count). The molecule has 0 aliphatic heterocycles. The Kier molecular flexibility index (Phi) is 3.70. The summed E-state index contributed by atoms with van der Waals surface area (Å²) >= 11 is 0. The Hall–Kier alpha value is -1.87. The van der Waals surface area contributed by atoms with Gasteiger partial charge in [0.15, 0.2) is 0 Å². The average Bonchev–Trinajstić information content (AvgIpc) is 2.53. The smallest absolute Gasteiger partial charge is 0.123 e. The van der Waals surface area contributed by atoms with Crippen molar-refractivity contribution in [2.24, 2.45) is 5.73 Å². The van der Waals surface area contributed by atoms with Gasteiger partial charge in [0.1, 0.15) is 5.75 Å². The SMILES string of the molecule is COc1ccc(C2CCCc3cccnc32)cc1CN. The average molecular weight is 268 g/mol. The summed E-state index contributed by atoms with van der Waals surface area (Å²) < 4.78 is 5.35. The number of methoxy groups -OCH3 is 1. The minimum atomic E-state index is 0.385. The molecular formula is C17H20N2O. The van der Waals surface area contributed by atoms with Crippen LogP contribution in [0.4, 0.5) is 0 Å². The molecule has 1 atom stereocenters. The lowest BCUT2D eigenvalue weighted by Gasteiger charge is -2.25. The lowest BCUT2D eigenvalue weighted by Crippen LogP contribution is -2.13. The van der Waals surface area contributed by atoms with Crippen LogP contribution in [-0.4, -0.2) is 12.1 Å². The molecule has 104 valence electrons. The molecule has 1 unspecified atom stereocenters. The van der Waals surface area contributed by atoms with Crippen LogP contribution in [0.2, 0.25) is 0 Å². The number of nitrogens with two attached hydrogens (primary N) is 1. The molecule has 3 nitrogen and oxygen atoms in total. The lowest BCUT2D eigenvalue weighted by atomic mass is 9.82. The fraction of sp³-hybridized carbons (Fsp3) is 0.353. The van der Waals surface area contributed by atoms with Crippen molar-refractivity contribution >= 4 is 0 Å². The van der Waals surface area contributed by atoms with Crippen molar-refractivity contribution in [3.63, 3.8) is 0 Å². The molecule has 0 fully saturated rings. The van der Waals surface area contributed by atoms with E-state index >= 15 is 0 Å². The van der Waals surface area contributed by atoms with Crippen LogP contribution in [0, 0.1) is 0 Å². The quantitative estimate of drug-likeness (QED) is 0.931. The van der Waals surface area contributed by atoms with E-state index in [1.54, 1.807) is 7.11 Å². The number of hydrogen-bond donors (Lipinski definition) is 1. The van der Waals surface area contributed by atoms with E-state index < -0.39 is 0 Å². The maximum atomic E-state index is 5.82. The van der Waals surface area contributed by atoms with Crippen molar-refractivity contribution in [3.8, 4) is 5.75 Å². The highest BCUT2D eigenvalue weighted by Gasteiger charge is 2.23.